The van der Waals surface area contributed by atoms with Crippen molar-refractivity contribution in [2.75, 3.05) is 20.8 Å². The van der Waals surface area contributed by atoms with E-state index >= 15 is 0 Å². The normalized spacial score (nSPS) is 10.6. The summed E-state index contributed by atoms with van der Waals surface area (Å²) in [5.41, 5.74) is 1.35. The third-order valence-corrected chi connectivity index (χ3v) is 3.72. The first-order chi connectivity index (χ1) is 11.9. The van der Waals surface area contributed by atoms with Gasteiger partial charge in [-0.15, -0.1) is 0 Å². The van der Waals surface area contributed by atoms with Gasteiger partial charge in [0.25, 0.3) is 5.91 Å². The van der Waals surface area contributed by atoms with Gasteiger partial charge in [-0.1, -0.05) is 32.0 Å². The number of phenols is 1. The van der Waals surface area contributed by atoms with Crippen LogP contribution in [-0.4, -0.2) is 36.7 Å². The van der Waals surface area contributed by atoms with Gasteiger partial charge in [-0.05, 0) is 30.2 Å². The topological polar surface area (TPSA) is 59.0 Å². The Balaban J connectivity index is 2.12. The second-order valence-corrected chi connectivity index (χ2v) is 6.36. The van der Waals surface area contributed by atoms with Gasteiger partial charge in [-0.3, -0.25) is 4.79 Å². The third-order valence-electron chi connectivity index (χ3n) is 3.72. The first-order valence-corrected chi connectivity index (χ1v) is 8.25. The Kier molecular flexibility index (Phi) is 6.28. The summed E-state index contributed by atoms with van der Waals surface area (Å²) in [5, 5.41) is 9.86. The molecule has 0 aliphatic rings. The number of hydrogen-bond acceptors (Lipinski definition) is 4. The highest BCUT2D eigenvalue weighted by atomic mass is 16.5. The lowest BCUT2D eigenvalue weighted by Crippen LogP contribution is -2.26. The zero-order chi connectivity index (χ0) is 18.4. The Morgan fingerprint density at radius 3 is 2.52 bits per heavy atom. The average molecular weight is 343 g/mol. The molecule has 5 heteroatoms. The molecule has 2 aromatic rings. The molecule has 0 aliphatic carbocycles. The molecule has 0 aliphatic heterocycles. The number of hydrogen-bond donors (Lipinski definition) is 1. The molecule has 0 radical (unpaired) electrons. The molecular formula is C20H25NO4. The van der Waals surface area contributed by atoms with Crippen molar-refractivity contribution < 1.29 is 19.4 Å². The fourth-order valence-corrected chi connectivity index (χ4v) is 2.40. The quantitative estimate of drug-likeness (QED) is 0.833. The Labute approximate surface area is 148 Å². The van der Waals surface area contributed by atoms with Crippen molar-refractivity contribution >= 4 is 5.91 Å². The highest BCUT2D eigenvalue weighted by Gasteiger charge is 2.16. The van der Waals surface area contributed by atoms with Gasteiger partial charge in [0.15, 0.2) is 11.5 Å². The number of rotatable bonds is 7. The van der Waals surface area contributed by atoms with E-state index in [1.54, 1.807) is 24.1 Å². The number of aromatic hydroxyl groups is 1. The highest BCUT2D eigenvalue weighted by Crippen LogP contribution is 2.27. The van der Waals surface area contributed by atoms with Crippen LogP contribution in [0.5, 0.6) is 17.2 Å². The summed E-state index contributed by atoms with van der Waals surface area (Å²) < 4.78 is 10.8. The van der Waals surface area contributed by atoms with Gasteiger partial charge in [-0.25, -0.2) is 0 Å². The molecule has 0 heterocycles. The zero-order valence-corrected chi connectivity index (χ0v) is 15.2. The Hall–Kier alpha value is -2.69. The first kappa shape index (κ1) is 18.6. The lowest BCUT2D eigenvalue weighted by Gasteiger charge is -2.20. The van der Waals surface area contributed by atoms with E-state index in [1.165, 1.54) is 13.2 Å². The SMILES string of the molecule is COc1ccc(C(=O)N(C)Cc2ccccc2OCC(C)C)cc1O. The molecule has 0 saturated heterocycles. The molecule has 134 valence electrons. The molecule has 1 amide bonds. The van der Waals surface area contributed by atoms with Crippen LogP contribution in [0, 0.1) is 5.92 Å². The Morgan fingerprint density at radius 2 is 1.88 bits per heavy atom. The van der Waals surface area contributed by atoms with Crippen molar-refractivity contribution in [1.29, 1.82) is 0 Å². The number of ether oxygens (including phenoxy) is 2. The summed E-state index contributed by atoms with van der Waals surface area (Å²) in [7, 11) is 3.19. The molecule has 0 spiro atoms. The van der Waals surface area contributed by atoms with Crippen molar-refractivity contribution in [2.24, 2.45) is 5.92 Å². The van der Waals surface area contributed by atoms with E-state index in [0.29, 0.717) is 30.4 Å². The number of nitrogens with zero attached hydrogens (tertiary/aromatic N) is 1. The fourth-order valence-electron chi connectivity index (χ4n) is 2.40. The maximum absolute atomic E-state index is 12.6. The van der Waals surface area contributed by atoms with Crippen LogP contribution in [0.15, 0.2) is 42.5 Å². The van der Waals surface area contributed by atoms with Crippen LogP contribution in [0.2, 0.25) is 0 Å². The van der Waals surface area contributed by atoms with Crippen molar-refractivity contribution in [2.45, 2.75) is 20.4 Å². The third kappa shape index (κ3) is 4.89. The van der Waals surface area contributed by atoms with Crippen molar-refractivity contribution in [3.05, 3.63) is 53.6 Å². The summed E-state index contributed by atoms with van der Waals surface area (Å²) in [6, 6.07) is 12.3. The fraction of sp³-hybridized carbons (Fsp3) is 0.350. The van der Waals surface area contributed by atoms with Crippen LogP contribution in [0.3, 0.4) is 0 Å². The summed E-state index contributed by atoms with van der Waals surface area (Å²) in [6.45, 7) is 5.23. The monoisotopic (exact) mass is 343 g/mol. The number of para-hydroxylation sites is 1. The standard InChI is InChI=1S/C20H25NO4/c1-14(2)13-25-18-8-6-5-7-16(18)12-21(3)20(23)15-9-10-19(24-4)17(22)11-15/h5-11,14,22H,12-13H2,1-4H3. The van der Waals surface area contributed by atoms with Crippen LogP contribution in [-0.2, 0) is 6.54 Å². The maximum atomic E-state index is 12.6. The molecule has 0 atom stereocenters. The second kappa shape index (κ2) is 8.42. The highest BCUT2D eigenvalue weighted by molar-refractivity contribution is 5.94. The Morgan fingerprint density at radius 1 is 1.16 bits per heavy atom. The van der Waals surface area contributed by atoms with Crippen LogP contribution < -0.4 is 9.47 Å². The molecular weight excluding hydrogens is 318 g/mol. The average Bonchev–Trinajstić information content (AvgIpc) is 2.60. The molecule has 25 heavy (non-hydrogen) atoms. The van der Waals surface area contributed by atoms with Crippen molar-refractivity contribution in [3.8, 4) is 17.2 Å². The lowest BCUT2D eigenvalue weighted by molar-refractivity contribution is 0.0783. The van der Waals surface area contributed by atoms with Gasteiger partial charge in [-0.2, -0.15) is 0 Å². The lowest BCUT2D eigenvalue weighted by atomic mass is 10.1. The van der Waals surface area contributed by atoms with Gasteiger partial charge >= 0.3 is 0 Å². The minimum Gasteiger partial charge on any atom is -0.504 e. The number of amides is 1. The van der Waals surface area contributed by atoms with Crippen molar-refractivity contribution in [3.63, 3.8) is 0 Å². The van der Waals surface area contributed by atoms with Gasteiger partial charge in [0.2, 0.25) is 0 Å². The number of carbonyl (C=O) groups is 1. The molecule has 5 nitrogen and oxygen atoms in total. The molecule has 2 rings (SSSR count). The summed E-state index contributed by atoms with van der Waals surface area (Å²) in [4.78, 5) is 14.2. The summed E-state index contributed by atoms with van der Waals surface area (Å²) >= 11 is 0. The first-order valence-electron chi connectivity index (χ1n) is 8.25. The molecule has 0 unspecified atom stereocenters. The molecule has 0 fully saturated rings. The largest absolute Gasteiger partial charge is 0.504 e. The number of benzene rings is 2. The molecule has 0 saturated carbocycles. The van der Waals surface area contributed by atoms with Crippen LogP contribution in [0.4, 0.5) is 0 Å². The van der Waals surface area contributed by atoms with Gasteiger partial charge < -0.3 is 19.5 Å². The maximum Gasteiger partial charge on any atom is 0.254 e. The van der Waals surface area contributed by atoms with E-state index in [1.807, 2.05) is 24.3 Å². The minimum absolute atomic E-state index is 0.0533. The summed E-state index contributed by atoms with van der Waals surface area (Å²) in [5.74, 6) is 1.31. The van der Waals surface area contributed by atoms with E-state index in [4.69, 9.17) is 9.47 Å². The van der Waals surface area contributed by atoms with Crippen LogP contribution >= 0.6 is 0 Å². The van der Waals surface area contributed by atoms with Crippen LogP contribution in [0.25, 0.3) is 0 Å². The van der Waals surface area contributed by atoms with E-state index < -0.39 is 0 Å². The van der Waals surface area contributed by atoms with E-state index in [0.717, 1.165) is 11.3 Å². The number of methoxy groups -OCH3 is 1. The predicted molar refractivity (Wildman–Crippen MR) is 97.2 cm³/mol. The second-order valence-electron chi connectivity index (χ2n) is 6.36. The van der Waals surface area contributed by atoms with Gasteiger partial charge in [0.1, 0.15) is 5.75 Å². The smallest absolute Gasteiger partial charge is 0.254 e. The Bertz CT molecular complexity index is 727. The number of carbonyl (C=O) groups excluding carboxylic acids is 1. The molecule has 2 aromatic carbocycles. The van der Waals surface area contributed by atoms with Gasteiger partial charge in [0, 0.05) is 24.7 Å². The molecule has 0 aromatic heterocycles. The number of phenolic OH excluding ortho intramolecular Hbond substituents is 1. The predicted octanol–water partition coefficient (Wildman–Crippen LogP) is 3.71. The van der Waals surface area contributed by atoms with Crippen molar-refractivity contribution in [1.82, 2.24) is 4.90 Å². The van der Waals surface area contributed by atoms with Gasteiger partial charge in [0.05, 0.1) is 13.7 Å². The molecule has 1 N–H and O–H groups in total. The van der Waals surface area contributed by atoms with Crippen LogP contribution in [0.1, 0.15) is 29.8 Å². The minimum atomic E-state index is -0.184. The summed E-state index contributed by atoms with van der Waals surface area (Å²) in [6.07, 6.45) is 0. The van der Waals surface area contributed by atoms with E-state index in [-0.39, 0.29) is 11.7 Å². The van der Waals surface area contributed by atoms with E-state index in [9.17, 15) is 9.90 Å². The molecule has 0 bridgehead atoms. The zero-order valence-electron chi connectivity index (χ0n) is 15.2. The van der Waals surface area contributed by atoms with E-state index in [2.05, 4.69) is 13.8 Å².